The Kier molecular flexibility index (Phi) is 2.49. The molecule has 1 fully saturated rings. The summed E-state index contributed by atoms with van der Waals surface area (Å²) in [5.74, 6) is 0.142. The van der Waals surface area contributed by atoms with Gasteiger partial charge in [-0.3, -0.25) is 9.69 Å². The van der Waals surface area contributed by atoms with Gasteiger partial charge in [-0.15, -0.1) is 0 Å². The summed E-state index contributed by atoms with van der Waals surface area (Å²) < 4.78 is 0. The minimum absolute atomic E-state index is 0.0580. The van der Waals surface area contributed by atoms with E-state index in [1.807, 2.05) is 0 Å². The van der Waals surface area contributed by atoms with Gasteiger partial charge in [-0.1, -0.05) is 6.42 Å². The molecule has 0 bridgehead atoms. The Labute approximate surface area is 109 Å². The average molecular weight is 249 g/mol. The number of hydrogen-bond acceptors (Lipinski definition) is 3. The Balaban J connectivity index is 1.95. The molecule has 0 aromatic heterocycles. The number of nitrogens with zero attached hydrogens (tertiary/aromatic N) is 1. The highest BCUT2D eigenvalue weighted by molar-refractivity contribution is 5.97. The lowest BCUT2D eigenvalue weighted by Crippen LogP contribution is -2.64. The van der Waals surface area contributed by atoms with Gasteiger partial charge in [0.25, 0.3) is 5.91 Å². The van der Waals surface area contributed by atoms with E-state index in [1.54, 1.807) is 0 Å². The Morgan fingerprint density at radius 2 is 1.78 bits per heavy atom. The molecule has 4 nitrogen and oxygen atoms in total. The SMILES string of the molecule is CN1CC2=C(NC3(CCCCC3)NC2=O)C1(C)C. The molecule has 0 unspecified atom stereocenters. The van der Waals surface area contributed by atoms with Gasteiger partial charge in [0.15, 0.2) is 0 Å². The van der Waals surface area contributed by atoms with E-state index in [-0.39, 0.29) is 17.1 Å². The van der Waals surface area contributed by atoms with Crippen LogP contribution in [0, 0.1) is 0 Å². The van der Waals surface area contributed by atoms with Crippen molar-refractivity contribution in [2.45, 2.75) is 57.2 Å². The van der Waals surface area contributed by atoms with E-state index >= 15 is 0 Å². The summed E-state index contributed by atoms with van der Waals surface area (Å²) in [5, 5.41) is 6.91. The van der Waals surface area contributed by atoms with E-state index in [0.717, 1.165) is 30.7 Å². The third-order valence-corrected chi connectivity index (χ3v) is 4.96. The summed E-state index contributed by atoms with van der Waals surface area (Å²) in [6, 6.07) is 0. The van der Waals surface area contributed by atoms with Crippen LogP contribution in [0.4, 0.5) is 0 Å². The van der Waals surface area contributed by atoms with Crippen LogP contribution in [0.3, 0.4) is 0 Å². The van der Waals surface area contributed by atoms with Crippen molar-refractivity contribution in [2.75, 3.05) is 13.6 Å². The van der Waals surface area contributed by atoms with Crippen molar-refractivity contribution in [2.24, 2.45) is 0 Å². The van der Waals surface area contributed by atoms with Crippen LogP contribution in [0.5, 0.6) is 0 Å². The molecule has 1 aliphatic carbocycles. The molecule has 1 spiro atoms. The first-order valence-corrected chi connectivity index (χ1v) is 7.00. The molecular formula is C14H23N3O. The van der Waals surface area contributed by atoms with Crippen LogP contribution in [0.1, 0.15) is 46.0 Å². The molecule has 2 heterocycles. The minimum Gasteiger partial charge on any atom is -0.364 e. The molecule has 2 aliphatic heterocycles. The van der Waals surface area contributed by atoms with Crippen LogP contribution in [0.15, 0.2) is 11.3 Å². The number of hydrogen-bond donors (Lipinski definition) is 2. The molecule has 0 saturated heterocycles. The molecule has 3 aliphatic rings. The van der Waals surface area contributed by atoms with Crippen LogP contribution in [0.2, 0.25) is 0 Å². The molecule has 0 aromatic carbocycles. The van der Waals surface area contributed by atoms with Crippen molar-refractivity contribution in [1.82, 2.24) is 15.5 Å². The van der Waals surface area contributed by atoms with Crippen LogP contribution in [-0.4, -0.2) is 35.6 Å². The molecule has 0 radical (unpaired) electrons. The zero-order valence-electron chi connectivity index (χ0n) is 11.6. The lowest BCUT2D eigenvalue weighted by molar-refractivity contribution is -0.121. The molecule has 18 heavy (non-hydrogen) atoms. The Morgan fingerprint density at radius 3 is 2.44 bits per heavy atom. The van der Waals surface area contributed by atoms with Gasteiger partial charge >= 0.3 is 0 Å². The van der Waals surface area contributed by atoms with E-state index < -0.39 is 0 Å². The minimum atomic E-state index is -0.170. The first-order valence-electron chi connectivity index (χ1n) is 7.00. The summed E-state index contributed by atoms with van der Waals surface area (Å²) in [6.45, 7) is 5.13. The molecule has 0 aromatic rings. The molecular weight excluding hydrogens is 226 g/mol. The number of rotatable bonds is 0. The second kappa shape index (κ2) is 3.73. The largest absolute Gasteiger partial charge is 0.364 e. The van der Waals surface area contributed by atoms with Crippen molar-refractivity contribution >= 4 is 5.91 Å². The molecule has 100 valence electrons. The Bertz CT molecular complexity index is 419. The number of carbonyl (C=O) groups is 1. The molecule has 0 atom stereocenters. The van der Waals surface area contributed by atoms with Crippen LogP contribution >= 0.6 is 0 Å². The first-order chi connectivity index (χ1) is 8.45. The lowest BCUT2D eigenvalue weighted by Gasteiger charge is -2.45. The zero-order valence-corrected chi connectivity index (χ0v) is 11.6. The van der Waals surface area contributed by atoms with Crippen molar-refractivity contribution < 1.29 is 4.79 Å². The summed E-state index contributed by atoms with van der Waals surface area (Å²) in [4.78, 5) is 14.6. The second-order valence-electron chi connectivity index (χ2n) is 6.49. The highest BCUT2D eigenvalue weighted by Crippen LogP contribution is 2.38. The summed E-state index contributed by atoms with van der Waals surface area (Å²) in [5.41, 5.74) is 1.85. The van der Waals surface area contributed by atoms with Crippen molar-refractivity contribution in [3.8, 4) is 0 Å². The summed E-state index contributed by atoms with van der Waals surface area (Å²) in [6.07, 6.45) is 5.79. The third-order valence-electron chi connectivity index (χ3n) is 4.96. The van der Waals surface area contributed by atoms with E-state index in [2.05, 4.69) is 36.4 Å². The standard InChI is InChI=1S/C14H23N3O/c1-13(2)11-10(9-17(13)3)12(18)16-14(15-11)7-5-4-6-8-14/h15H,4-9H2,1-3H3,(H,16,18). The number of likely N-dealkylation sites (N-methyl/N-ethyl adjacent to an activating group) is 1. The Hall–Kier alpha value is -1.03. The number of nitrogens with one attached hydrogen (secondary N) is 2. The van der Waals surface area contributed by atoms with E-state index in [0.29, 0.717) is 0 Å². The molecule has 1 amide bonds. The number of amides is 1. The maximum atomic E-state index is 12.3. The highest BCUT2D eigenvalue weighted by Gasteiger charge is 2.48. The first kappa shape index (κ1) is 12.0. The zero-order chi connectivity index (χ0) is 13.0. The van der Waals surface area contributed by atoms with Crippen molar-refractivity contribution in [1.29, 1.82) is 0 Å². The van der Waals surface area contributed by atoms with Crippen LogP contribution in [0.25, 0.3) is 0 Å². The average Bonchev–Trinajstić information content (AvgIpc) is 2.54. The van der Waals surface area contributed by atoms with E-state index in [4.69, 9.17) is 0 Å². The van der Waals surface area contributed by atoms with E-state index in [1.165, 1.54) is 19.3 Å². The van der Waals surface area contributed by atoms with Gasteiger partial charge in [0.1, 0.15) is 5.66 Å². The van der Waals surface area contributed by atoms with E-state index in [9.17, 15) is 4.79 Å². The van der Waals surface area contributed by atoms with Gasteiger partial charge in [0, 0.05) is 12.2 Å². The highest BCUT2D eigenvalue weighted by atomic mass is 16.2. The maximum absolute atomic E-state index is 12.3. The van der Waals surface area contributed by atoms with Gasteiger partial charge in [-0.25, -0.2) is 0 Å². The van der Waals surface area contributed by atoms with Crippen molar-refractivity contribution in [3.63, 3.8) is 0 Å². The maximum Gasteiger partial charge on any atom is 0.252 e. The van der Waals surface area contributed by atoms with Crippen LogP contribution in [-0.2, 0) is 4.79 Å². The number of carbonyl (C=O) groups excluding carboxylic acids is 1. The molecule has 4 heteroatoms. The van der Waals surface area contributed by atoms with Crippen molar-refractivity contribution in [3.05, 3.63) is 11.3 Å². The quantitative estimate of drug-likeness (QED) is 0.681. The third kappa shape index (κ3) is 1.58. The monoisotopic (exact) mass is 249 g/mol. The predicted octanol–water partition coefficient (Wildman–Crippen LogP) is 1.34. The Morgan fingerprint density at radius 1 is 1.11 bits per heavy atom. The molecule has 1 saturated carbocycles. The smallest absolute Gasteiger partial charge is 0.252 e. The van der Waals surface area contributed by atoms with Crippen LogP contribution < -0.4 is 10.6 Å². The fraction of sp³-hybridized carbons (Fsp3) is 0.786. The van der Waals surface area contributed by atoms with Gasteiger partial charge < -0.3 is 10.6 Å². The topological polar surface area (TPSA) is 44.4 Å². The normalized spacial score (nSPS) is 30.1. The summed E-state index contributed by atoms with van der Waals surface area (Å²) in [7, 11) is 2.08. The van der Waals surface area contributed by atoms with Gasteiger partial charge in [-0.2, -0.15) is 0 Å². The lowest BCUT2D eigenvalue weighted by atomic mass is 9.85. The fourth-order valence-electron chi connectivity index (χ4n) is 3.46. The van der Waals surface area contributed by atoms with Gasteiger partial charge in [0.2, 0.25) is 0 Å². The molecule has 3 rings (SSSR count). The summed E-state index contributed by atoms with van der Waals surface area (Å²) >= 11 is 0. The fourth-order valence-corrected chi connectivity index (χ4v) is 3.46. The van der Waals surface area contributed by atoms with Gasteiger partial charge in [0.05, 0.1) is 11.1 Å². The predicted molar refractivity (Wildman–Crippen MR) is 70.8 cm³/mol. The second-order valence-corrected chi connectivity index (χ2v) is 6.49. The van der Waals surface area contributed by atoms with Gasteiger partial charge in [-0.05, 0) is 46.6 Å². The molecule has 2 N–H and O–H groups in total.